The average Bonchev–Trinajstić information content (AvgIpc) is 3.08. The lowest BCUT2D eigenvalue weighted by Gasteiger charge is -2.23. The van der Waals surface area contributed by atoms with Crippen molar-refractivity contribution in [3.63, 3.8) is 0 Å². The van der Waals surface area contributed by atoms with E-state index in [-0.39, 0.29) is 5.91 Å². The zero-order valence-electron chi connectivity index (χ0n) is 17.1. The number of carbonyl (C=O) groups excluding carboxylic acids is 2. The summed E-state index contributed by atoms with van der Waals surface area (Å²) in [6, 6.07) is 10.1. The first kappa shape index (κ1) is 22.1. The van der Waals surface area contributed by atoms with Crippen molar-refractivity contribution in [1.29, 1.82) is 0 Å². The Morgan fingerprint density at radius 1 is 1.17 bits per heavy atom. The number of aryl methyl sites for hydroxylation is 2. The SMILES string of the molecule is Cc1ccc(N(CC(=O)Nc2ccc(C)c(N3CCCC3=O)c2)S(C)(=O)=O)cc1Cl. The van der Waals surface area contributed by atoms with Gasteiger partial charge in [-0.1, -0.05) is 23.7 Å². The molecule has 0 bridgehead atoms. The number of carbonyl (C=O) groups is 2. The van der Waals surface area contributed by atoms with Crippen LogP contribution in [0.1, 0.15) is 24.0 Å². The smallest absolute Gasteiger partial charge is 0.245 e. The van der Waals surface area contributed by atoms with Crippen LogP contribution in [-0.2, 0) is 19.6 Å². The van der Waals surface area contributed by atoms with Crippen LogP contribution in [0, 0.1) is 13.8 Å². The van der Waals surface area contributed by atoms with Gasteiger partial charge in [-0.25, -0.2) is 8.42 Å². The summed E-state index contributed by atoms with van der Waals surface area (Å²) in [7, 11) is -3.71. The predicted molar refractivity (Wildman–Crippen MR) is 120 cm³/mol. The van der Waals surface area contributed by atoms with E-state index in [9.17, 15) is 18.0 Å². The lowest BCUT2D eigenvalue weighted by atomic mass is 10.1. The standard InChI is InChI=1S/C21H24ClN3O4S/c1-14-7-9-17(12-18(14)22)25(30(3,28)29)13-20(26)23-16-8-6-15(2)19(11-16)24-10-4-5-21(24)27/h6-9,11-12H,4-5,10,13H2,1-3H3,(H,23,26). The summed E-state index contributed by atoms with van der Waals surface area (Å²) in [5.41, 5.74) is 3.30. The Hall–Kier alpha value is -2.58. The third-order valence-electron chi connectivity index (χ3n) is 4.99. The molecule has 0 radical (unpaired) electrons. The van der Waals surface area contributed by atoms with Crippen LogP contribution in [0.25, 0.3) is 0 Å². The van der Waals surface area contributed by atoms with Crippen molar-refractivity contribution in [2.24, 2.45) is 0 Å². The van der Waals surface area contributed by atoms with Gasteiger partial charge in [-0.05, 0) is 55.7 Å². The monoisotopic (exact) mass is 449 g/mol. The van der Waals surface area contributed by atoms with Gasteiger partial charge >= 0.3 is 0 Å². The summed E-state index contributed by atoms with van der Waals surface area (Å²) < 4.78 is 25.6. The third-order valence-corrected chi connectivity index (χ3v) is 6.54. The van der Waals surface area contributed by atoms with Gasteiger partial charge in [0.15, 0.2) is 0 Å². The summed E-state index contributed by atoms with van der Waals surface area (Å²) in [5.74, 6) is -0.444. The highest BCUT2D eigenvalue weighted by atomic mass is 35.5. The molecule has 2 aromatic carbocycles. The van der Waals surface area contributed by atoms with E-state index in [0.717, 1.165) is 33.8 Å². The molecular weight excluding hydrogens is 426 g/mol. The van der Waals surface area contributed by atoms with Crippen molar-refractivity contribution in [3.8, 4) is 0 Å². The zero-order chi connectivity index (χ0) is 22.1. The minimum atomic E-state index is -3.71. The molecule has 0 saturated carbocycles. The van der Waals surface area contributed by atoms with Crippen LogP contribution in [-0.4, -0.2) is 39.6 Å². The summed E-state index contributed by atoms with van der Waals surface area (Å²) in [4.78, 5) is 26.4. The molecule has 0 aliphatic carbocycles. The number of rotatable bonds is 6. The minimum Gasteiger partial charge on any atom is -0.324 e. The van der Waals surface area contributed by atoms with Crippen LogP contribution in [0.5, 0.6) is 0 Å². The Labute approximate surface area is 181 Å². The highest BCUT2D eigenvalue weighted by molar-refractivity contribution is 7.92. The first-order chi connectivity index (χ1) is 14.1. The second-order valence-corrected chi connectivity index (χ2v) is 9.72. The Bertz CT molecular complexity index is 1100. The van der Waals surface area contributed by atoms with E-state index in [2.05, 4.69) is 5.32 Å². The lowest BCUT2D eigenvalue weighted by Crippen LogP contribution is -2.37. The first-order valence-corrected chi connectivity index (χ1v) is 11.7. The minimum absolute atomic E-state index is 0.0566. The van der Waals surface area contributed by atoms with E-state index in [0.29, 0.717) is 29.4 Å². The number of hydrogen-bond acceptors (Lipinski definition) is 4. The number of amides is 2. The molecule has 1 saturated heterocycles. The second-order valence-electron chi connectivity index (χ2n) is 7.40. The van der Waals surface area contributed by atoms with E-state index in [4.69, 9.17) is 11.6 Å². The molecule has 0 unspecified atom stereocenters. The van der Waals surface area contributed by atoms with Gasteiger partial charge in [0.25, 0.3) is 0 Å². The van der Waals surface area contributed by atoms with E-state index >= 15 is 0 Å². The van der Waals surface area contributed by atoms with Crippen molar-refractivity contribution in [3.05, 3.63) is 52.5 Å². The predicted octanol–water partition coefficient (Wildman–Crippen LogP) is 3.49. The van der Waals surface area contributed by atoms with Crippen LogP contribution in [0.3, 0.4) is 0 Å². The normalized spacial score (nSPS) is 14.1. The molecule has 7 nitrogen and oxygen atoms in total. The third kappa shape index (κ3) is 4.94. The second kappa shape index (κ2) is 8.65. The molecular formula is C21H24ClN3O4S. The van der Waals surface area contributed by atoms with Crippen molar-refractivity contribution >= 4 is 50.5 Å². The summed E-state index contributed by atoms with van der Waals surface area (Å²) in [6.45, 7) is 3.96. The lowest BCUT2D eigenvalue weighted by molar-refractivity contribution is -0.117. The summed E-state index contributed by atoms with van der Waals surface area (Å²) in [6.07, 6.45) is 2.35. The number of nitrogens with one attached hydrogen (secondary N) is 1. The molecule has 1 N–H and O–H groups in total. The highest BCUT2D eigenvalue weighted by Crippen LogP contribution is 2.29. The molecule has 1 fully saturated rings. The van der Waals surface area contributed by atoms with Crippen LogP contribution in [0.2, 0.25) is 5.02 Å². The van der Waals surface area contributed by atoms with Gasteiger partial charge in [-0.15, -0.1) is 0 Å². The molecule has 1 aliphatic rings. The summed E-state index contributed by atoms with van der Waals surface area (Å²) in [5, 5.41) is 3.15. The van der Waals surface area contributed by atoms with Gasteiger partial charge in [-0.2, -0.15) is 0 Å². The van der Waals surface area contributed by atoms with Crippen LogP contribution < -0.4 is 14.5 Å². The van der Waals surface area contributed by atoms with Crippen LogP contribution >= 0.6 is 11.6 Å². The number of nitrogens with zero attached hydrogens (tertiary/aromatic N) is 2. The van der Waals surface area contributed by atoms with Crippen LogP contribution in [0.4, 0.5) is 17.1 Å². The number of sulfonamides is 1. The molecule has 2 amide bonds. The van der Waals surface area contributed by atoms with E-state index in [1.54, 1.807) is 29.2 Å². The maximum atomic E-state index is 12.6. The molecule has 0 aromatic heterocycles. The van der Waals surface area contributed by atoms with Gasteiger partial charge in [0.05, 0.1) is 11.9 Å². The Morgan fingerprint density at radius 2 is 1.87 bits per heavy atom. The molecule has 160 valence electrons. The van der Waals surface area contributed by atoms with E-state index in [1.165, 1.54) is 6.07 Å². The van der Waals surface area contributed by atoms with Crippen molar-refractivity contribution in [2.75, 3.05) is 33.9 Å². The Morgan fingerprint density at radius 3 is 2.47 bits per heavy atom. The van der Waals surface area contributed by atoms with E-state index in [1.807, 2.05) is 19.9 Å². The number of halogens is 1. The van der Waals surface area contributed by atoms with Gasteiger partial charge in [-0.3, -0.25) is 13.9 Å². The quantitative estimate of drug-likeness (QED) is 0.731. The number of benzene rings is 2. The van der Waals surface area contributed by atoms with Gasteiger partial charge < -0.3 is 10.2 Å². The highest BCUT2D eigenvalue weighted by Gasteiger charge is 2.24. The van der Waals surface area contributed by atoms with E-state index < -0.39 is 22.5 Å². The Kier molecular flexibility index (Phi) is 6.38. The van der Waals surface area contributed by atoms with Gasteiger partial charge in [0, 0.05) is 29.4 Å². The topological polar surface area (TPSA) is 86.8 Å². The molecule has 1 heterocycles. The maximum absolute atomic E-state index is 12.6. The maximum Gasteiger partial charge on any atom is 0.245 e. The average molecular weight is 450 g/mol. The molecule has 3 rings (SSSR count). The molecule has 30 heavy (non-hydrogen) atoms. The number of hydrogen-bond donors (Lipinski definition) is 1. The van der Waals surface area contributed by atoms with Crippen molar-refractivity contribution < 1.29 is 18.0 Å². The van der Waals surface area contributed by atoms with Crippen molar-refractivity contribution in [2.45, 2.75) is 26.7 Å². The van der Waals surface area contributed by atoms with Gasteiger partial charge in [0.1, 0.15) is 6.54 Å². The number of anilines is 3. The molecule has 2 aromatic rings. The summed E-state index contributed by atoms with van der Waals surface area (Å²) >= 11 is 6.13. The van der Waals surface area contributed by atoms with Crippen LogP contribution in [0.15, 0.2) is 36.4 Å². The Balaban J connectivity index is 1.81. The molecule has 9 heteroatoms. The largest absolute Gasteiger partial charge is 0.324 e. The van der Waals surface area contributed by atoms with Crippen molar-refractivity contribution in [1.82, 2.24) is 0 Å². The molecule has 0 atom stereocenters. The molecule has 0 spiro atoms. The fourth-order valence-electron chi connectivity index (χ4n) is 3.35. The first-order valence-electron chi connectivity index (χ1n) is 9.51. The zero-order valence-corrected chi connectivity index (χ0v) is 18.7. The fraction of sp³-hybridized carbons (Fsp3) is 0.333. The molecule has 1 aliphatic heterocycles. The van der Waals surface area contributed by atoms with Gasteiger partial charge in [0.2, 0.25) is 21.8 Å². The fourth-order valence-corrected chi connectivity index (χ4v) is 4.37.